The van der Waals surface area contributed by atoms with Crippen molar-refractivity contribution in [2.24, 2.45) is 4.99 Å². The number of benzene rings is 1. The predicted octanol–water partition coefficient (Wildman–Crippen LogP) is 2.48. The van der Waals surface area contributed by atoms with Crippen LogP contribution < -0.4 is 10.6 Å². The van der Waals surface area contributed by atoms with E-state index in [9.17, 15) is 0 Å². The number of hydrogen-bond acceptors (Lipinski definition) is 3. The van der Waals surface area contributed by atoms with E-state index in [1.165, 1.54) is 11.1 Å². The van der Waals surface area contributed by atoms with Gasteiger partial charge in [0, 0.05) is 13.1 Å². The standard InChI is InChI=1S/C16H24N6.HI/c1-4-17-16(18-10-14-8-6-7-13(3)9-14)19-11-15-21-20-12-22(15)5-2;/h6-9,12H,4-5,10-11H2,1-3H3,(H2,17,18,19);1H. The van der Waals surface area contributed by atoms with Gasteiger partial charge in [0.15, 0.2) is 11.8 Å². The third-order valence-electron chi connectivity index (χ3n) is 3.30. The molecule has 7 heteroatoms. The molecule has 0 atom stereocenters. The molecule has 23 heavy (non-hydrogen) atoms. The molecule has 2 rings (SSSR count). The van der Waals surface area contributed by atoms with Crippen LogP contribution >= 0.6 is 24.0 Å². The van der Waals surface area contributed by atoms with Gasteiger partial charge in [-0.05, 0) is 26.3 Å². The first-order valence-electron chi connectivity index (χ1n) is 7.67. The number of halogens is 1. The molecular formula is C16H25IN6. The van der Waals surface area contributed by atoms with E-state index >= 15 is 0 Å². The summed E-state index contributed by atoms with van der Waals surface area (Å²) >= 11 is 0. The molecule has 0 aliphatic rings. The highest BCUT2D eigenvalue weighted by Crippen LogP contribution is 2.05. The van der Waals surface area contributed by atoms with Crippen LogP contribution in [0.25, 0.3) is 0 Å². The summed E-state index contributed by atoms with van der Waals surface area (Å²) < 4.78 is 2.01. The summed E-state index contributed by atoms with van der Waals surface area (Å²) in [6.45, 7) is 9.16. The predicted molar refractivity (Wildman–Crippen MR) is 104 cm³/mol. The van der Waals surface area contributed by atoms with E-state index in [2.05, 4.69) is 70.9 Å². The number of aryl methyl sites for hydroxylation is 2. The first-order chi connectivity index (χ1) is 10.7. The summed E-state index contributed by atoms with van der Waals surface area (Å²) in [5.41, 5.74) is 2.45. The van der Waals surface area contributed by atoms with Crippen LogP contribution in [-0.4, -0.2) is 27.3 Å². The average molecular weight is 428 g/mol. The number of aromatic nitrogens is 3. The van der Waals surface area contributed by atoms with Gasteiger partial charge in [0.25, 0.3) is 0 Å². The maximum atomic E-state index is 4.62. The van der Waals surface area contributed by atoms with Crippen molar-refractivity contribution in [3.05, 3.63) is 47.5 Å². The molecular weight excluding hydrogens is 403 g/mol. The number of nitrogens with one attached hydrogen (secondary N) is 2. The Morgan fingerprint density at radius 3 is 2.78 bits per heavy atom. The molecule has 0 aliphatic heterocycles. The molecule has 2 N–H and O–H groups in total. The summed E-state index contributed by atoms with van der Waals surface area (Å²) in [5, 5.41) is 14.6. The van der Waals surface area contributed by atoms with Crippen LogP contribution in [-0.2, 0) is 19.6 Å². The molecule has 126 valence electrons. The van der Waals surface area contributed by atoms with Gasteiger partial charge in [-0.2, -0.15) is 0 Å². The van der Waals surface area contributed by atoms with Gasteiger partial charge in [-0.3, -0.25) is 0 Å². The van der Waals surface area contributed by atoms with Crippen molar-refractivity contribution < 1.29 is 0 Å². The summed E-state index contributed by atoms with van der Waals surface area (Å²) in [5.74, 6) is 1.69. The topological polar surface area (TPSA) is 67.1 Å². The zero-order valence-corrected chi connectivity index (χ0v) is 16.2. The van der Waals surface area contributed by atoms with Gasteiger partial charge in [-0.15, -0.1) is 34.2 Å². The van der Waals surface area contributed by atoms with E-state index in [1.807, 2.05) is 4.57 Å². The lowest BCUT2D eigenvalue weighted by atomic mass is 10.1. The van der Waals surface area contributed by atoms with Gasteiger partial charge in [0.05, 0.1) is 13.1 Å². The van der Waals surface area contributed by atoms with Crippen molar-refractivity contribution in [2.45, 2.75) is 40.4 Å². The van der Waals surface area contributed by atoms with Crippen LogP contribution in [0.4, 0.5) is 0 Å². The van der Waals surface area contributed by atoms with Crippen molar-refractivity contribution in [1.82, 2.24) is 25.4 Å². The molecule has 1 heterocycles. The van der Waals surface area contributed by atoms with E-state index in [-0.39, 0.29) is 24.0 Å². The molecule has 0 amide bonds. The molecule has 0 saturated heterocycles. The lowest BCUT2D eigenvalue weighted by Crippen LogP contribution is -2.37. The van der Waals surface area contributed by atoms with Crippen LogP contribution in [0.3, 0.4) is 0 Å². The van der Waals surface area contributed by atoms with Gasteiger partial charge in [-0.1, -0.05) is 29.8 Å². The van der Waals surface area contributed by atoms with E-state index in [1.54, 1.807) is 6.33 Å². The number of rotatable bonds is 6. The van der Waals surface area contributed by atoms with Crippen molar-refractivity contribution in [2.75, 3.05) is 6.54 Å². The van der Waals surface area contributed by atoms with Gasteiger partial charge in [-0.25, -0.2) is 4.99 Å². The van der Waals surface area contributed by atoms with E-state index in [0.29, 0.717) is 13.1 Å². The Morgan fingerprint density at radius 1 is 1.26 bits per heavy atom. The van der Waals surface area contributed by atoms with Gasteiger partial charge in [0.1, 0.15) is 6.33 Å². The second kappa shape index (κ2) is 10.2. The van der Waals surface area contributed by atoms with Crippen LogP contribution in [0.2, 0.25) is 0 Å². The highest BCUT2D eigenvalue weighted by molar-refractivity contribution is 14.0. The van der Waals surface area contributed by atoms with Gasteiger partial charge >= 0.3 is 0 Å². The molecule has 1 aromatic carbocycles. The minimum absolute atomic E-state index is 0. The first-order valence-corrected chi connectivity index (χ1v) is 7.67. The molecule has 0 bridgehead atoms. The van der Waals surface area contributed by atoms with Crippen molar-refractivity contribution in [3.63, 3.8) is 0 Å². The number of hydrogen-bond donors (Lipinski definition) is 2. The fourth-order valence-corrected chi connectivity index (χ4v) is 2.17. The largest absolute Gasteiger partial charge is 0.357 e. The van der Waals surface area contributed by atoms with Gasteiger partial charge in [0.2, 0.25) is 0 Å². The second-order valence-corrected chi connectivity index (χ2v) is 5.07. The van der Waals surface area contributed by atoms with Gasteiger partial charge < -0.3 is 15.2 Å². The summed E-state index contributed by atoms with van der Waals surface area (Å²) in [6.07, 6.45) is 1.74. The molecule has 6 nitrogen and oxygen atoms in total. The third kappa shape index (κ3) is 6.17. The lowest BCUT2D eigenvalue weighted by Gasteiger charge is -2.11. The van der Waals surface area contributed by atoms with Crippen molar-refractivity contribution in [1.29, 1.82) is 0 Å². The van der Waals surface area contributed by atoms with Crippen molar-refractivity contribution >= 4 is 29.9 Å². The molecule has 2 aromatic rings. The zero-order valence-electron chi connectivity index (χ0n) is 13.9. The maximum Gasteiger partial charge on any atom is 0.191 e. The Balaban J connectivity index is 0.00000264. The Kier molecular flexibility index (Phi) is 8.60. The molecule has 0 spiro atoms. The summed E-state index contributed by atoms with van der Waals surface area (Å²) in [4.78, 5) is 4.62. The fourth-order valence-electron chi connectivity index (χ4n) is 2.17. The van der Waals surface area contributed by atoms with Crippen LogP contribution in [0.1, 0.15) is 30.8 Å². The monoisotopic (exact) mass is 428 g/mol. The third-order valence-corrected chi connectivity index (χ3v) is 3.30. The molecule has 0 unspecified atom stereocenters. The van der Waals surface area contributed by atoms with E-state index < -0.39 is 0 Å². The number of nitrogens with zero attached hydrogens (tertiary/aromatic N) is 4. The normalized spacial score (nSPS) is 11.0. The Labute approximate surface area is 154 Å². The molecule has 0 aliphatic carbocycles. The maximum absolute atomic E-state index is 4.62. The molecule has 1 aromatic heterocycles. The van der Waals surface area contributed by atoms with Crippen LogP contribution in [0.15, 0.2) is 35.6 Å². The molecule has 0 fully saturated rings. The summed E-state index contributed by atoms with van der Waals surface area (Å²) in [6, 6.07) is 8.40. The van der Waals surface area contributed by atoms with E-state index in [0.717, 1.165) is 24.9 Å². The SMILES string of the molecule is CCNC(=NCc1cccc(C)c1)NCc1nncn1CC.I. The minimum atomic E-state index is 0. The fraction of sp³-hybridized carbons (Fsp3) is 0.438. The average Bonchev–Trinajstić information content (AvgIpc) is 2.97. The smallest absolute Gasteiger partial charge is 0.191 e. The minimum Gasteiger partial charge on any atom is -0.357 e. The number of aliphatic imine (C=N–C) groups is 1. The molecule has 0 saturated carbocycles. The Morgan fingerprint density at radius 2 is 2.09 bits per heavy atom. The Hall–Kier alpha value is -1.64. The summed E-state index contributed by atoms with van der Waals surface area (Å²) in [7, 11) is 0. The van der Waals surface area contributed by atoms with E-state index in [4.69, 9.17) is 0 Å². The van der Waals surface area contributed by atoms with Crippen LogP contribution in [0, 0.1) is 6.92 Å². The second-order valence-electron chi connectivity index (χ2n) is 5.07. The highest BCUT2D eigenvalue weighted by atomic mass is 127. The van der Waals surface area contributed by atoms with Crippen molar-refractivity contribution in [3.8, 4) is 0 Å². The number of guanidine groups is 1. The lowest BCUT2D eigenvalue weighted by molar-refractivity contribution is 0.670. The Bertz CT molecular complexity index is 623. The highest BCUT2D eigenvalue weighted by Gasteiger charge is 2.04. The zero-order chi connectivity index (χ0) is 15.8. The quantitative estimate of drug-likeness (QED) is 0.422. The van der Waals surface area contributed by atoms with Crippen LogP contribution in [0.5, 0.6) is 0 Å². The first kappa shape index (κ1) is 19.4. The molecule has 0 radical (unpaired) electrons.